The molecule has 0 spiro atoms. The van der Waals surface area contributed by atoms with Crippen LogP contribution in [0, 0.1) is 12.8 Å². The van der Waals surface area contributed by atoms with Crippen molar-refractivity contribution in [2.24, 2.45) is 11.7 Å². The number of benzene rings is 1. The minimum atomic E-state index is -0.0591. The summed E-state index contributed by atoms with van der Waals surface area (Å²) < 4.78 is 0. The Morgan fingerprint density at radius 3 is 3.00 bits per heavy atom. The number of fused-ring (bicyclic) bond motifs is 1. The monoisotopic (exact) mass is 277 g/mol. The minimum absolute atomic E-state index is 0.0591. The van der Waals surface area contributed by atoms with Crippen molar-refractivity contribution in [3.8, 4) is 0 Å². The van der Waals surface area contributed by atoms with Crippen molar-refractivity contribution in [2.75, 3.05) is 12.3 Å². The van der Waals surface area contributed by atoms with Crippen molar-refractivity contribution in [1.29, 1.82) is 0 Å². The van der Waals surface area contributed by atoms with Gasteiger partial charge in [-0.05, 0) is 36.8 Å². The number of thioether (sulfide) groups is 1. The number of hydrogen-bond donors (Lipinski definition) is 2. The maximum absolute atomic E-state index is 12.0. The molecule has 0 aliphatic carbocycles. The lowest BCUT2D eigenvalue weighted by atomic mass is 10.1. The summed E-state index contributed by atoms with van der Waals surface area (Å²) in [5.74, 6) is 2.91. The van der Waals surface area contributed by atoms with E-state index in [4.69, 9.17) is 5.73 Å². The van der Waals surface area contributed by atoms with Crippen molar-refractivity contribution in [3.05, 3.63) is 39.9 Å². The van der Waals surface area contributed by atoms with Gasteiger partial charge in [-0.3, -0.25) is 4.79 Å². The second-order valence-electron chi connectivity index (χ2n) is 4.84. The molecule has 1 aromatic carbocycles. The Hall–Kier alpha value is -1.33. The molecule has 2 aromatic rings. The first-order chi connectivity index (χ1) is 9.11. The molecule has 4 nitrogen and oxygen atoms in total. The van der Waals surface area contributed by atoms with Crippen molar-refractivity contribution >= 4 is 22.7 Å². The van der Waals surface area contributed by atoms with E-state index in [0.717, 1.165) is 22.7 Å². The number of para-hydroxylation sites is 1. The molecule has 0 bridgehead atoms. The first-order valence-electron chi connectivity index (χ1n) is 6.38. The van der Waals surface area contributed by atoms with E-state index >= 15 is 0 Å². The normalized spacial score (nSPS) is 12.8. The fourth-order valence-corrected chi connectivity index (χ4v) is 2.83. The fraction of sp³-hybridized carbons (Fsp3) is 0.429. The number of aryl methyl sites for hydroxylation is 1. The van der Waals surface area contributed by atoms with Crippen molar-refractivity contribution < 1.29 is 0 Å². The van der Waals surface area contributed by atoms with Gasteiger partial charge in [0.15, 0.2) is 0 Å². The summed E-state index contributed by atoms with van der Waals surface area (Å²) in [4.78, 5) is 19.4. The van der Waals surface area contributed by atoms with Crippen LogP contribution in [0.15, 0.2) is 23.0 Å². The zero-order valence-electron chi connectivity index (χ0n) is 11.3. The number of nitrogens with zero attached hydrogens (tertiary/aromatic N) is 1. The Kier molecular flexibility index (Phi) is 4.61. The van der Waals surface area contributed by atoms with Gasteiger partial charge < -0.3 is 10.7 Å². The zero-order chi connectivity index (χ0) is 13.8. The number of nitrogens with two attached hydrogens (primary N) is 1. The lowest BCUT2D eigenvalue weighted by Crippen LogP contribution is -2.14. The van der Waals surface area contributed by atoms with Crippen LogP contribution in [0.4, 0.5) is 0 Å². The molecule has 1 heterocycles. The third-order valence-electron chi connectivity index (χ3n) is 3.03. The van der Waals surface area contributed by atoms with Crippen LogP contribution < -0.4 is 11.3 Å². The van der Waals surface area contributed by atoms with Crippen LogP contribution in [-0.4, -0.2) is 22.3 Å². The maximum atomic E-state index is 12.0. The van der Waals surface area contributed by atoms with E-state index in [1.807, 2.05) is 25.1 Å². The highest BCUT2D eigenvalue weighted by Crippen LogP contribution is 2.15. The van der Waals surface area contributed by atoms with E-state index in [1.165, 1.54) is 0 Å². The predicted octanol–water partition coefficient (Wildman–Crippen LogP) is 2.06. The molecule has 19 heavy (non-hydrogen) atoms. The first kappa shape index (κ1) is 14.1. The quantitative estimate of drug-likeness (QED) is 0.877. The number of aromatic nitrogens is 2. The summed E-state index contributed by atoms with van der Waals surface area (Å²) in [5, 5.41) is 0.657. The number of aromatic amines is 1. The van der Waals surface area contributed by atoms with Crippen LogP contribution >= 0.6 is 11.8 Å². The highest BCUT2D eigenvalue weighted by atomic mass is 32.2. The topological polar surface area (TPSA) is 71.8 Å². The predicted molar refractivity (Wildman–Crippen MR) is 81.5 cm³/mol. The molecule has 1 atom stereocenters. The average Bonchev–Trinajstić information content (AvgIpc) is 2.40. The van der Waals surface area contributed by atoms with E-state index in [2.05, 4.69) is 16.9 Å². The Morgan fingerprint density at radius 2 is 2.26 bits per heavy atom. The van der Waals surface area contributed by atoms with Crippen LogP contribution in [0.3, 0.4) is 0 Å². The largest absolute Gasteiger partial charge is 0.330 e. The molecule has 1 unspecified atom stereocenters. The van der Waals surface area contributed by atoms with Gasteiger partial charge in [-0.1, -0.05) is 19.1 Å². The van der Waals surface area contributed by atoms with Crippen LogP contribution in [0.1, 0.15) is 18.3 Å². The molecule has 3 N–H and O–H groups in total. The molecule has 0 saturated heterocycles. The molecular weight excluding hydrogens is 258 g/mol. The van der Waals surface area contributed by atoms with E-state index in [-0.39, 0.29) is 5.56 Å². The fourth-order valence-electron chi connectivity index (χ4n) is 1.85. The van der Waals surface area contributed by atoms with Gasteiger partial charge in [0.2, 0.25) is 0 Å². The van der Waals surface area contributed by atoms with Gasteiger partial charge >= 0.3 is 0 Å². The van der Waals surface area contributed by atoms with Gasteiger partial charge in [-0.2, -0.15) is 11.8 Å². The van der Waals surface area contributed by atoms with Crippen LogP contribution in [0.5, 0.6) is 0 Å². The molecular formula is C14H19N3OS. The summed E-state index contributed by atoms with van der Waals surface area (Å²) in [6.07, 6.45) is 0. The Labute approximate surface area is 116 Å². The molecule has 0 saturated carbocycles. The first-order valence-corrected chi connectivity index (χ1v) is 7.53. The second-order valence-corrected chi connectivity index (χ2v) is 5.87. The van der Waals surface area contributed by atoms with E-state index < -0.39 is 0 Å². The van der Waals surface area contributed by atoms with Crippen LogP contribution in [-0.2, 0) is 5.75 Å². The molecule has 102 valence electrons. The summed E-state index contributed by atoms with van der Waals surface area (Å²) in [6, 6.07) is 5.66. The smallest absolute Gasteiger partial charge is 0.258 e. The minimum Gasteiger partial charge on any atom is -0.330 e. The van der Waals surface area contributed by atoms with Crippen LogP contribution in [0.25, 0.3) is 10.9 Å². The van der Waals surface area contributed by atoms with Crippen molar-refractivity contribution in [3.63, 3.8) is 0 Å². The van der Waals surface area contributed by atoms with Gasteiger partial charge in [0.1, 0.15) is 5.82 Å². The lowest BCUT2D eigenvalue weighted by Gasteiger charge is -2.08. The summed E-state index contributed by atoms with van der Waals surface area (Å²) in [7, 11) is 0. The van der Waals surface area contributed by atoms with Gasteiger partial charge in [-0.25, -0.2) is 4.98 Å². The molecule has 0 aliphatic heterocycles. The van der Waals surface area contributed by atoms with Gasteiger partial charge in [0, 0.05) is 0 Å². The van der Waals surface area contributed by atoms with Gasteiger partial charge in [0.25, 0.3) is 5.56 Å². The van der Waals surface area contributed by atoms with Crippen molar-refractivity contribution in [1.82, 2.24) is 9.97 Å². The maximum Gasteiger partial charge on any atom is 0.258 e. The highest BCUT2D eigenvalue weighted by molar-refractivity contribution is 7.98. The average molecular weight is 277 g/mol. The molecule has 2 rings (SSSR count). The molecule has 0 fully saturated rings. The molecule has 1 aromatic heterocycles. The van der Waals surface area contributed by atoms with E-state index in [1.54, 1.807) is 11.8 Å². The summed E-state index contributed by atoms with van der Waals surface area (Å²) in [6.45, 7) is 4.78. The van der Waals surface area contributed by atoms with Crippen LogP contribution in [0.2, 0.25) is 0 Å². The Morgan fingerprint density at radius 1 is 1.47 bits per heavy atom. The molecule has 0 amide bonds. The molecule has 5 heteroatoms. The summed E-state index contributed by atoms with van der Waals surface area (Å²) in [5.41, 5.74) is 7.36. The second kappa shape index (κ2) is 6.21. The third kappa shape index (κ3) is 3.36. The molecule has 0 radical (unpaired) electrons. The summed E-state index contributed by atoms with van der Waals surface area (Å²) >= 11 is 1.75. The van der Waals surface area contributed by atoms with E-state index in [9.17, 15) is 4.79 Å². The Balaban J connectivity index is 2.21. The third-order valence-corrected chi connectivity index (χ3v) is 4.31. The van der Waals surface area contributed by atoms with Gasteiger partial charge in [-0.15, -0.1) is 0 Å². The number of hydrogen-bond acceptors (Lipinski definition) is 4. The van der Waals surface area contributed by atoms with Crippen molar-refractivity contribution in [2.45, 2.75) is 19.6 Å². The highest BCUT2D eigenvalue weighted by Gasteiger charge is 2.06. The number of nitrogens with one attached hydrogen (secondary N) is 1. The lowest BCUT2D eigenvalue weighted by molar-refractivity contribution is 0.675. The molecule has 0 aliphatic rings. The number of rotatable bonds is 5. The van der Waals surface area contributed by atoms with Gasteiger partial charge in [0.05, 0.1) is 16.7 Å². The number of H-pyrrole nitrogens is 1. The zero-order valence-corrected chi connectivity index (χ0v) is 12.1. The standard InChI is InChI=1S/C14H19N3OS/c1-9(6-15)7-19-8-12-16-13-10(2)4-3-5-11(13)14(18)17-12/h3-5,9H,6-8,15H2,1-2H3,(H,16,17,18). The van der Waals surface area contributed by atoms with E-state index in [0.29, 0.717) is 23.6 Å². The Bertz CT molecular complexity index is 624. The SMILES string of the molecule is Cc1cccc2c(=O)[nH]c(CSCC(C)CN)nc12.